The van der Waals surface area contributed by atoms with Gasteiger partial charge in [0.1, 0.15) is 0 Å². The van der Waals surface area contributed by atoms with Gasteiger partial charge in [0.15, 0.2) is 0 Å². The van der Waals surface area contributed by atoms with E-state index in [4.69, 9.17) is 19.1 Å². The van der Waals surface area contributed by atoms with Gasteiger partial charge in [-0.15, -0.1) is 0 Å². The van der Waals surface area contributed by atoms with Crippen molar-refractivity contribution in [1.82, 2.24) is 0 Å². The summed E-state index contributed by atoms with van der Waals surface area (Å²) in [6.07, 6.45) is 0. The van der Waals surface area contributed by atoms with Gasteiger partial charge < -0.3 is 0 Å². The van der Waals surface area contributed by atoms with Crippen LogP contribution in [0.4, 0.5) is 0 Å². The topological polar surface area (TPSA) is 0 Å². The summed E-state index contributed by atoms with van der Waals surface area (Å²) < 4.78 is 0. The third kappa shape index (κ3) is 9.24. The molecule has 0 aromatic carbocycles. The summed E-state index contributed by atoms with van der Waals surface area (Å²) >= 11 is -0.106. The largest absolute Gasteiger partial charge is 2.00 e. The van der Waals surface area contributed by atoms with Gasteiger partial charge in [-0.25, -0.2) is 0 Å². The number of hydrogen-bond acceptors (Lipinski definition) is 0. The first-order valence-electron chi connectivity index (χ1n) is 0.239. The maximum atomic E-state index is 4.81. The van der Waals surface area contributed by atoms with Crippen LogP contribution in [0.3, 0.4) is 0 Å². The zero-order valence-corrected chi connectivity index (χ0v) is 5.60. The Labute approximate surface area is 51.8 Å². The molecule has 0 heterocycles. The van der Waals surface area contributed by atoms with E-state index in [0.29, 0.717) is 0 Å². The van der Waals surface area contributed by atoms with Gasteiger partial charge in [0.05, 0.1) is 0 Å². The summed E-state index contributed by atoms with van der Waals surface area (Å²) in [4.78, 5) is 0. The van der Waals surface area contributed by atoms with Crippen molar-refractivity contribution in [1.29, 1.82) is 0 Å². The molecule has 0 spiro atoms. The smallest absolute Gasteiger partial charge is 2.00 e. The molecule has 0 radical (unpaired) electrons. The molecule has 0 aliphatic rings. The van der Waals surface area contributed by atoms with Crippen molar-refractivity contribution in [2.75, 3.05) is 0 Å². The molecule has 0 nitrogen and oxygen atoms in total. The summed E-state index contributed by atoms with van der Waals surface area (Å²) in [5.41, 5.74) is 0. The second-order valence-electron chi connectivity index (χ2n) is 0.0452. The average molecular weight is 233 g/mol. The summed E-state index contributed by atoms with van der Waals surface area (Å²) in [6.45, 7) is 0. The van der Waals surface area contributed by atoms with E-state index in [-0.39, 0.29) is 33.0 Å². The van der Waals surface area contributed by atoms with Crippen LogP contribution in [-0.2, 0) is 33.0 Å². The van der Waals surface area contributed by atoms with Gasteiger partial charge in [0.25, 0.3) is 0 Å². The summed E-state index contributed by atoms with van der Waals surface area (Å²) in [7, 11) is 9.63. The molecule has 0 aliphatic heterocycles. The van der Waals surface area contributed by atoms with Crippen molar-refractivity contribution in [3.63, 3.8) is 0 Å². The molecule has 0 fully saturated rings. The van der Waals surface area contributed by atoms with Crippen LogP contribution in [0.5, 0.6) is 0 Å². The zero-order valence-electron chi connectivity index (χ0n) is 1.43. The second-order valence-corrected chi connectivity index (χ2v) is 2.41. The van der Waals surface area contributed by atoms with E-state index in [2.05, 4.69) is 0 Å². The predicted molar refractivity (Wildman–Crippen MR) is 11.7 cm³/mol. The molecule has 4 heteroatoms. The van der Waals surface area contributed by atoms with E-state index >= 15 is 0 Å². The maximum absolute atomic E-state index is 4.81. The van der Waals surface area contributed by atoms with E-state index in [0.717, 1.165) is 0 Å². The van der Waals surface area contributed by atoms with Gasteiger partial charge in [-0.2, -0.15) is 0 Å². The molecule has 30 valence electrons. The fourth-order valence-electron chi connectivity index (χ4n) is 0. The van der Waals surface area contributed by atoms with E-state index in [1.165, 1.54) is 0 Å². The number of rotatable bonds is 0. The first kappa shape index (κ1) is 9.23. The van der Waals surface area contributed by atoms with E-state index in [1.807, 2.05) is 0 Å². The van der Waals surface area contributed by atoms with Crippen LogP contribution in [0, 0.1) is 0 Å². The molecule has 0 atom stereocenters. The Morgan fingerprint density at radius 2 is 1.25 bits per heavy atom. The van der Waals surface area contributed by atoms with Crippen LogP contribution in [0.15, 0.2) is 0 Å². The van der Waals surface area contributed by atoms with Crippen molar-refractivity contribution in [2.45, 2.75) is 0 Å². The standard InChI is InChI=1S/2ClH.Fe.Pd/h2*1H;;/q;;2*+2/p-2. The van der Waals surface area contributed by atoms with Crippen LogP contribution >= 0.6 is 19.1 Å². The molecule has 0 N–H and O–H groups in total. The van der Waals surface area contributed by atoms with Crippen LogP contribution in [0.25, 0.3) is 0 Å². The normalized spacial score (nSPS) is 5.50. The molecular weight excluding hydrogens is 233 g/mol. The fourth-order valence-corrected chi connectivity index (χ4v) is 0. The van der Waals surface area contributed by atoms with Crippen LogP contribution < -0.4 is 0 Å². The van der Waals surface area contributed by atoms with Crippen molar-refractivity contribution in [2.24, 2.45) is 0 Å². The monoisotopic (exact) mass is 232 g/mol. The Balaban J connectivity index is 0. The van der Waals surface area contributed by atoms with Crippen molar-refractivity contribution in [3.8, 4) is 0 Å². The molecule has 0 saturated carbocycles. The van der Waals surface area contributed by atoms with Crippen molar-refractivity contribution >= 4 is 19.1 Å². The molecule has 0 bridgehead atoms. The zero-order chi connectivity index (χ0) is 2.71. The molecule has 0 aromatic heterocycles. The Morgan fingerprint density at radius 3 is 1.25 bits per heavy atom. The molecule has 0 aromatic rings. The van der Waals surface area contributed by atoms with E-state index < -0.39 is 0 Å². The summed E-state index contributed by atoms with van der Waals surface area (Å²) in [5.74, 6) is 0. The van der Waals surface area contributed by atoms with Gasteiger partial charge in [0, 0.05) is 0 Å². The average Bonchev–Trinajstić information content (AvgIpc) is 0.918. The molecule has 0 rings (SSSR count). The third-order valence-corrected chi connectivity index (χ3v) is 0. The molecule has 0 aliphatic carbocycles. The minimum Gasteiger partial charge on any atom is 2.00 e. The van der Waals surface area contributed by atoms with E-state index in [1.54, 1.807) is 0 Å². The SMILES string of the molecule is [Cl][Pd][Cl].[Fe+2]. The minimum atomic E-state index is -0.106. The quantitative estimate of drug-likeness (QED) is 0.554. The number of halogens is 2. The Bertz CT molecular complexity index is 6.00. The molecule has 0 saturated heterocycles. The van der Waals surface area contributed by atoms with Crippen molar-refractivity contribution < 1.29 is 33.0 Å². The van der Waals surface area contributed by atoms with Crippen molar-refractivity contribution in [3.05, 3.63) is 0 Å². The molecular formula is Cl2FePd+2. The van der Waals surface area contributed by atoms with Gasteiger partial charge in [-0.3, -0.25) is 0 Å². The van der Waals surface area contributed by atoms with Gasteiger partial charge in [-0.05, 0) is 0 Å². The Kier molecular flexibility index (Phi) is 20.4. The molecule has 4 heavy (non-hydrogen) atoms. The number of hydrogen-bond donors (Lipinski definition) is 0. The minimum absolute atomic E-state index is 0. The van der Waals surface area contributed by atoms with E-state index in [9.17, 15) is 0 Å². The first-order chi connectivity index (χ1) is 1.41. The predicted octanol–water partition coefficient (Wildman–Crippen LogP) is 1.37. The van der Waals surface area contributed by atoms with Crippen LogP contribution in [0.1, 0.15) is 0 Å². The van der Waals surface area contributed by atoms with Crippen LogP contribution in [0.2, 0.25) is 0 Å². The van der Waals surface area contributed by atoms with Gasteiger partial charge in [0.2, 0.25) is 0 Å². The Morgan fingerprint density at radius 1 is 1.25 bits per heavy atom. The Hall–Kier alpha value is 1.76. The fraction of sp³-hybridized carbons (Fsp3) is 0. The van der Waals surface area contributed by atoms with Gasteiger partial charge >= 0.3 is 52.1 Å². The maximum Gasteiger partial charge on any atom is 2.00 e. The van der Waals surface area contributed by atoms with Gasteiger partial charge in [-0.1, -0.05) is 0 Å². The summed E-state index contributed by atoms with van der Waals surface area (Å²) in [5, 5.41) is 0. The summed E-state index contributed by atoms with van der Waals surface area (Å²) in [6, 6.07) is 0. The second kappa shape index (κ2) is 8.83. The molecule has 0 unspecified atom stereocenters. The molecule has 0 amide bonds. The van der Waals surface area contributed by atoms with Crippen LogP contribution in [-0.4, -0.2) is 0 Å². The third-order valence-electron chi connectivity index (χ3n) is 0. The first-order valence-corrected chi connectivity index (χ1v) is 4.24.